The predicted octanol–water partition coefficient (Wildman–Crippen LogP) is 1.52. The molecule has 0 spiro atoms. The average Bonchev–Trinajstić information content (AvgIpc) is 2.32. The van der Waals surface area contributed by atoms with Crippen molar-refractivity contribution in [1.29, 1.82) is 0 Å². The summed E-state index contributed by atoms with van der Waals surface area (Å²) in [6.45, 7) is 6.85. The SMILES string of the molecule is CCCNCC(C)S(=O)(=O)Nc1ccncc1C. The Morgan fingerprint density at radius 1 is 1.44 bits per heavy atom. The minimum atomic E-state index is -3.36. The molecule has 0 aliphatic carbocycles. The molecule has 0 aromatic carbocycles. The van der Waals surface area contributed by atoms with Crippen LogP contribution in [-0.2, 0) is 10.0 Å². The third-order valence-electron chi connectivity index (χ3n) is 2.66. The number of hydrogen-bond acceptors (Lipinski definition) is 4. The van der Waals surface area contributed by atoms with E-state index < -0.39 is 15.3 Å². The van der Waals surface area contributed by atoms with Crippen molar-refractivity contribution in [3.05, 3.63) is 24.0 Å². The lowest BCUT2D eigenvalue weighted by molar-refractivity contribution is 0.575. The number of aryl methyl sites for hydroxylation is 1. The van der Waals surface area contributed by atoms with Crippen molar-refractivity contribution in [3.63, 3.8) is 0 Å². The van der Waals surface area contributed by atoms with Crippen molar-refractivity contribution < 1.29 is 8.42 Å². The van der Waals surface area contributed by atoms with E-state index in [2.05, 4.69) is 15.0 Å². The molecule has 0 bridgehead atoms. The summed E-state index contributed by atoms with van der Waals surface area (Å²) in [5.41, 5.74) is 1.40. The highest BCUT2D eigenvalue weighted by atomic mass is 32.2. The van der Waals surface area contributed by atoms with Gasteiger partial charge in [0.2, 0.25) is 10.0 Å². The molecule has 0 aliphatic heterocycles. The first-order valence-electron chi connectivity index (χ1n) is 6.10. The Bertz CT molecular complexity index is 474. The van der Waals surface area contributed by atoms with E-state index in [1.165, 1.54) is 0 Å². The molecule has 0 saturated heterocycles. The predicted molar refractivity (Wildman–Crippen MR) is 74.1 cm³/mol. The number of nitrogens with one attached hydrogen (secondary N) is 2. The van der Waals surface area contributed by atoms with Crippen molar-refractivity contribution in [2.45, 2.75) is 32.4 Å². The zero-order valence-electron chi connectivity index (χ0n) is 11.1. The smallest absolute Gasteiger partial charge is 0.236 e. The molecule has 18 heavy (non-hydrogen) atoms. The standard InChI is InChI=1S/C12H21N3O2S/c1-4-6-13-9-11(3)18(16,17)15-12-5-7-14-8-10(12)2/h5,7-8,11,13H,4,6,9H2,1-3H3,(H,14,15). The fourth-order valence-corrected chi connectivity index (χ4v) is 2.51. The van der Waals surface area contributed by atoms with Crippen LogP contribution in [0.3, 0.4) is 0 Å². The van der Waals surface area contributed by atoms with E-state index in [0.717, 1.165) is 18.5 Å². The summed E-state index contributed by atoms with van der Waals surface area (Å²) in [7, 11) is -3.36. The molecule has 1 aromatic heterocycles. The summed E-state index contributed by atoms with van der Waals surface area (Å²) in [5, 5.41) is 2.63. The Hall–Kier alpha value is -1.14. The van der Waals surface area contributed by atoms with E-state index in [4.69, 9.17) is 0 Å². The maximum absolute atomic E-state index is 12.1. The van der Waals surface area contributed by atoms with E-state index in [9.17, 15) is 8.42 Å². The third-order valence-corrected chi connectivity index (χ3v) is 4.39. The summed E-state index contributed by atoms with van der Waals surface area (Å²) in [5.74, 6) is 0. The molecule has 0 aliphatic rings. The molecule has 0 amide bonds. The highest BCUT2D eigenvalue weighted by Crippen LogP contribution is 2.15. The van der Waals surface area contributed by atoms with Crippen LogP contribution in [0, 0.1) is 6.92 Å². The maximum Gasteiger partial charge on any atom is 0.236 e. The average molecular weight is 271 g/mol. The highest BCUT2D eigenvalue weighted by Gasteiger charge is 2.20. The van der Waals surface area contributed by atoms with Gasteiger partial charge in [0.1, 0.15) is 0 Å². The third kappa shape index (κ3) is 4.27. The summed E-state index contributed by atoms with van der Waals surface area (Å²) < 4.78 is 26.8. The molecule has 0 fully saturated rings. The van der Waals surface area contributed by atoms with Crippen molar-refractivity contribution >= 4 is 15.7 Å². The lowest BCUT2D eigenvalue weighted by atomic mass is 10.3. The van der Waals surface area contributed by atoms with Gasteiger partial charge in [-0.2, -0.15) is 0 Å². The second kappa shape index (κ2) is 6.70. The zero-order chi connectivity index (χ0) is 13.6. The van der Waals surface area contributed by atoms with Gasteiger partial charge in [-0.15, -0.1) is 0 Å². The molecule has 1 unspecified atom stereocenters. The Balaban J connectivity index is 2.67. The molecule has 0 saturated carbocycles. The first kappa shape index (κ1) is 14.9. The van der Waals surface area contributed by atoms with E-state index in [-0.39, 0.29) is 0 Å². The zero-order valence-corrected chi connectivity index (χ0v) is 11.9. The van der Waals surface area contributed by atoms with Gasteiger partial charge in [-0.1, -0.05) is 6.92 Å². The van der Waals surface area contributed by atoms with Gasteiger partial charge in [0, 0.05) is 18.9 Å². The van der Waals surface area contributed by atoms with Crippen molar-refractivity contribution in [3.8, 4) is 0 Å². The number of anilines is 1. The van der Waals surface area contributed by atoms with Gasteiger partial charge in [-0.3, -0.25) is 9.71 Å². The Labute approximate surface area is 109 Å². The van der Waals surface area contributed by atoms with Crippen LogP contribution in [0.4, 0.5) is 5.69 Å². The second-order valence-corrected chi connectivity index (χ2v) is 6.45. The van der Waals surface area contributed by atoms with E-state index >= 15 is 0 Å². The molecule has 0 radical (unpaired) electrons. The van der Waals surface area contributed by atoms with Gasteiger partial charge in [0.15, 0.2) is 0 Å². The highest BCUT2D eigenvalue weighted by molar-refractivity contribution is 7.93. The quantitative estimate of drug-likeness (QED) is 0.738. The van der Waals surface area contributed by atoms with Crippen LogP contribution in [-0.4, -0.2) is 31.7 Å². The van der Waals surface area contributed by atoms with E-state index in [1.807, 2.05) is 13.8 Å². The van der Waals surface area contributed by atoms with E-state index in [0.29, 0.717) is 12.2 Å². The van der Waals surface area contributed by atoms with Gasteiger partial charge in [-0.25, -0.2) is 8.42 Å². The number of sulfonamides is 1. The fourth-order valence-electron chi connectivity index (χ4n) is 1.43. The first-order valence-corrected chi connectivity index (χ1v) is 7.65. The summed E-state index contributed by atoms with van der Waals surface area (Å²) in [6.07, 6.45) is 4.20. The Morgan fingerprint density at radius 3 is 2.78 bits per heavy atom. The molecule has 1 atom stereocenters. The molecule has 5 nitrogen and oxygen atoms in total. The molecule has 6 heteroatoms. The summed E-state index contributed by atoms with van der Waals surface area (Å²) >= 11 is 0. The van der Waals surface area contributed by atoms with Gasteiger partial charge in [-0.05, 0) is 38.4 Å². The lowest BCUT2D eigenvalue weighted by Gasteiger charge is -2.16. The molecule has 1 aromatic rings. The molecule has 102 valence electrons. The van der Waals surface area contributed by atoms with Gasteiger partial charge < -0.3 is 5.32 Å². The van der Waals surface area contributed by atoms with Crippen LogP contribution >= 0.6 is 0 Å². The normalized spacial score (nSPS) is 13.3. The maximum atomic E-state index is 12.1. The van der Waals surface area contributed by atoms with Gasteiger partial charge >= 0.3 is 0 Å². The molecule has 2 N–H and O–H groups in total. The largest absolute Gasteiger partial charge is 0.315 e. The van der Waals surface area contributed by atoms with Gasteiger partial charge in [0.05, 0.1) is 10.9 Å². The molecule has 1 heterocycles. The van der Waals surface area contributed by atoms with Crippen LogP contribution in [0.25, 0.3) is 0 Å². The molecular weight excluding hydrogens is 250 g/mol. The fraction of sp³-hybridized carbons (Fsp3) is 0.583. The number of pyridine rings is 1. The van der Waals surface area contributed by atoms with Crippen molar-refractivity contribution in [1.82, 2.24) is 10.3 Å². The Kier molecular flexibility index (Phi) is 5.55. The number of rotatable bonds is 7. The number of aromatic nitrogens is 1. The van der Waals surface area contributed by atoms with E-state index in [1.54, 1.807) is 25.4 Å². The van der Waals surface area contributed by atoms with Crippen LogP contribution in [0.15, 0.2) is 18.5 Å². The van der Waals surface area contributed by atoms with Crippen LogP contribution in [0.5, 0.6) is 0 Å². The van der Waals surface area contributed by atoms with Crippen LogP contribution < -0.4 is 10.0 Å². The first-order chi connectivity index (χ1) is 8.47. The lowest BCUT2D eigenvalue weighted by Crippen LogP contribution is -2.35. The second-order valence-electron chi connectivity index (χ2n) is 4.35. The number of nitrogens with zero attached hydrogens (tertiary/aromatic N) is 1. The molecular formula is C12H21N3O2S. The van der Waals surface area contributed by atoms with Crippen LogP contribution in [0.1, 0.15) is 25.8 Å². The molecule has 1 rings (SSSR count). The van der Waals surface area contributed by atoms with Crippen molar-refractivity contribution in [2.75, 3.05) is 17.8 Å². The van der Waals surface area contributed by atoms with Crippen molar-refractivity contribution in [2.24, 2.45) is 0 Å². The minimum absolute atomic E-state index is 0.452. The van der Waals surface area contributed by atoms with Crippen LogP contribution in [0.2, 0.25) is 0 Å². The summed E-state index contributed by atoms with van der Waals surface area (Å²) in [4.78, 5) is 3.93. The Morgan fingerprint density at radius 2 is 2.17 bits per heavy atom. The number of hydrogen-bond donors (Lipinski definition) is 2. The van der Waals surface area contributed by atoms with Gasteiger partial charge in [0.25, 0.3) is 0 Å². The minimum Gasteiger partial charge on any atom is -0.315 e. The topological polar surface area (TPSA) is 71.1 Å². The summed E-state index contributed by atoms with van der Waals surface area (Å²) in [6, 6.07) is 1.67. The monoisotopic (exact) mass is 271 g/mol.